The average Bonchev–Trinajstić information content (AvgIpc) is 2.94. The van der Waals surface area contributed by atoms with E-state index in [-0.39, 0.29) is 11.8 Å². The number of halogens is 1. The van der Waals surface area contributed by atoms with E-state index in [0.717, 1.165) is 62.6 Å². The third-order valence-electron chi connectivity index (χ3n) is 6.54. The average molecular weight is 506 g/mol. The fourth-order valence-corrected chi connectivity index (χ4v) is 4.51. The molecule has 1 aliphatic rings. The number of hydrazine groups is 1. The predicted octanol–water partition coefficient (Wildman–Crippen LogP) is 4.66. The van der Waals surface area contributed by atoms with Gasteiger partial charge in [0, 0.05) is 32.7 Å². The van der Waals surface area contributed by atoms with E-state index < -0.39 is 0 Å². The normalized spacial score (nSPS) is 13.7. The van der Waals surface area contributed by atoms with Gasteiger partial charge in [0.1, 0.15) is 11.6 Å². The lowest BCUT2D eigenvalue weighted by Gasteiger charge is -2.36. The topological polar surface area (TPSA) is 60.1 Å². The fourth-order valence-electron chi connectivity index (χ4n) is 4.51. The van der Waals surface area contributed by atoms with Crippen LogP contribution in [0.2, 0.25) is 0 Å². The quantitative estimate of drug-likeness (QED) is 0.293. The van der Waals surface area contributed by atoms with Gasteiger partial charge in [0.05, 0.1) is 25.0 Å². The Morgan fingerprint density at radius 1 is 0.919 bits per heavy atom. The number of piperazine rings is 1. The highest BCUT2D eigenvalue weighted by Gasteiger charge is 2.19. The molecular weight excluding hydrogens is 469 g/mol. The Morgan fingerprint density at radius 3 is 2.35 bits per heavy atom. The first-order valence-corrected chi connectivity index (χ1v) is 12.8. The molecular formula is C29H36FN5O2. The predicted molar refractivity (Wildman–Crippen MR) is 146 cm³/mol. The Bertz CT molecular complexity index is 1100. The number of methoxy groups -OCH3 is 1. The number of amides is 2. The van der Waals surface area contributed by atoms with Crippen molar-refractivity contribution >= 4 is 17.4 Å². The van der Waals surface area contributed by atoms with Crippen molar-refractivity contribution in [3.05, 3.63) is 90.2 Å². The second-order valence-electron chi connectivity index (χ2n) is 9.12. The standard InChI is InChI=1S/C29H36FN5O2/c1-37-28-12-6-5-11-27(28)34-21-19-33(20-22-34)18-8-7-17-31-29(36)32-35(23-24-9-3-2-4-10-24)26-15-13-25(30)14-16-26/h2-6,9-16H,7-8,17-23H2,1H3,(H2,31,32,36). The second-order valence-corrected chi connectivity index (χ2v) is 9.12. The third kappa shape index (κ3) is 7.85. The molecule has 2 N–H and O–H groups in total. The molecule has 2 amide bonds. The van der Waals surface area contributed by atoms with Gasteiger partial charge in [0.2, 0.25) is 0 Å². The van der Waals surface area contributed by atoms with Gasteiger partial charge in [-0.1, -0.05) is 42.5 Å². The highest BCUT2D eigenvalue weighted by molar-refractivity contribution is 5.76. The number of benzene rings is 3. The van der Waals surface area contributed by atoms with Crippen LogP contribution in [0.5, 0.6) is 5.75 Å². The number of unbranched alkanes of at least 4 members (excludes halogenated alkanes) is 1. The number of carbonyl (C=O) groups is 1. The van der Waals surface area contributed by atoms with Crippen LogP contribution in [0.4, 0.5) is 20.6 Å². The lowest BCUT2D eigenvalue weighted by atomic mass is 10.2. The molecule has 7 nitrogen and oxygen atoms in total. The molecule has 0 bridgehead atoms. The molecule has 0 saturated carbocycles. The molecule has 0 aliphatic carbocycles. The van der Waals surface area contributed by atoms with Crippen LogP contribution in [-0.4, -0.2) is 57.3 Å². The van der Waals surface area contributed by atoms with Crippen LogP contribution in [0.3, 0.4) is 0 Å². The van der Waals surface area contributed by atoms with Crippen LogP contribution >= 0.6 is 0 Å². The highest BCUT2D eigenvalue weighted by atomic mass is 19.1. The molecule has 4 rings (SSSR count). The lowest BCUT2D eigenvalue weighted by molar-refractivity contribution is 0.237. The maximum Gasteiger partial charge on any atom is 0.333 e. The number of ether oxygens (including phenoxy) is 1. The van der Waals surface area contributed by atoms with E-state index in [1.807, 2.05) is 48.5 Å². The van der Waals surface area contributed by atoms with E-state index >= 15 is 0 Å². The minimum atomic E-state index is -0.311. The van der Waals surface area contributed by atoms with E-state index in [1.165, 1.54) is 12.1 Å². The molecule has 8 heteroatoms. The van der Waals surface area contributed by atoms with Crippen molar-refractivity contribution in [1.29, 1.82) is 0 Å². The summed E-state index contributed by atoms with van der Waals surface area (Å²) in [6, 6.07) is 23.8. The van der Waals surface area contributed by atoms with Crippen LogP contribution in [-0.2, 0) is 6.54 Å². The van der Waals surface area contributed by atoms with Gasteiger partial charge in [-0.2, -0.15) is 0 Å². The van der Waals surface area contributed by atoms with Crippen molar-refractivity contribution in [3.63, 3.8) is 0 Å². The summed E-state index contributed by atoms with van der Waals surface area (Å²) in [7, 11) is 1.72. The third-order valence-corrected chi connectivity index (χ3v) is 6.54. The van der Waals surface area contributed by atoms with Crippen molar-refractivity contribution in [2.75, 3.05) is 56.3 Å². The van der Waals surface area contributed by atoms with Crippen molar-refractivity contribution in [2.45, 2.75) is 19.4 Å². The second kappa shape index (κ2) is 13.5. The smallest absolute Gasteiger partial charge is 0.333 e. The highest BCUT2D eigenvalue weighted by Crippen LogP contribution is 2.28. The Kier molecular flexibility index (Phi) is 9.60. The Labute approximate surface area is 218 Å². The number of urea groups is 1. The number of rotatable bonds is 11. The fraction of sp³-hybridized carbons (Fsp3) is 0.345. The summed E-state index contributed by atoms with van der Waals surface area (Å²) < 4.78 is 18.9. The van der Waals surface area contributed by atoms with E-state index in [9.17, 15) is 9.18 Å². The van der Waals surface area contributed by atoms with Crippen LogP contribution in [0, 0.1) is 5.82 Å². The zero-order valence-electron chi connectivity index (χ0n) is 21.4. The first-order valence-electron chi connectivity index (χ1n) is 12.8. The maximum atomic E-state index is 13.4. The monoisotopic (exact) mass is 505 g/mol. The summed E-state index contributed by atoms with van der Waals surface area (Å²) >= 11 is 0. The number of hydrogen-bond acceptors (Lipinski definition) is 5. The van der Waals surface area contributed by atoms with E-state index in [1.54, 1.807) is 24.3 Å². The molecule has 0 aromatic heterocycles. The molecule has 0 spiro atoms. The molecule has 0 unspecified atom stereocenters. The minimum absolute atomic E-state index is 0.273. The number of carbonyl (C=O) groups excluding carboxylic acids is 1. The van der Waals surface area contributed by atoms with Crippen molar-refractivity contribution in [2.24, 2.45) is 0 Å². The number of nitrogens with one attached hydrogen (secondary N) is 2. The summed E-state index contributed by atoms with van der Waals surface area (Å²) in [5.74, 6) is 0.608. The minimum Gasteiger partial charge on any atom is -0.495 e. The van der Waals surface area contributed by atoms with Crippen molar-refractivity contribution in [3.8, 4) is 5.75 Å². The molecule has 0 atom stereocenters. The van der Waals surface area contributed by atoms with Gasteiger partial charge < -0.3 is 15.0 Å². The Balaban J connectivity index is 1.17. The largest absolute Gasteiger partial charge is 0.495 e. The van der Waals surface area contributed by atoms with Gasteiger partial charge in [-0.25, -0.2) is 14.6 Å². The summed E-state index contributed by atoms with van der Waals surface area (Å²) in [6.45, 7) is 6.05. The van der Waals surface area contributed by atoms with E-state index in [4.69, 9.17) is 4.74 Å². The van der Waals surface area contributed by atoms with Gasteiger partial charge in [-0.15, -0.1) is 0 Å². The summed E-state index contributed by atoms with van der Waals surface area (Å²) in [5.41, 5.74) is 5.82. The molecule has 3 aromatic carbocycles. The van der Waals surface area contributed by atoms with Crippen LogP contribution < -0.4 is 25.4 Å². The first kappa shape index (κ1) is 26.3. The number of para-hydroxylation sites is 2. The number of nitrogens with zero attached hydrogens (tertiary/aromatic N) is 3. The Hall–Kier alpha value is -3.78. The van der Waals surface area contributed by atoms with Crippen LogP contribution in [0.15, 0.2) is 78.9 Å². The van der Waals surface area contributed by atoms with Gasteiger partial charge >= 0.3 is 6.03 Å². The summed E-state index contributed by atoms with van der Waals surface area (Å²) in [5, 5.41) is 4.68. The molecule has 1 fully saturated rings. The zero-order valence-corrected chi connectivity index (χ0v) is 21.4. The van der Waals surface area contributed by atoms with Crippen LogP contribution in [0.25, 0.3) is 0 Å². The van der Waals surface area contributed by atoms with Crippen molar-refractivity contribution < 1.29 is 13.9 Å². The van der Waals surface area contributed by atoms with Gasteiger partial charge in [0.25, 0.3) is 0 Å². The molecule has 37 heavy (non-hydrogen) atoms. The van der Waals surface area contributed by atoms with Crippen molar-refractivity contribution in [1.82, 2.24) is 15.6 Å². The molecule has 1 aliphatic heterocycles. The van der Waals surface area contributed by atoms with Gasteiger partial charge in [-0.3, -0.25) is 9.91 Å². The molecule has 0 radical (unpaired) electrons. The first-order chi connectivity index (χ1) is 18.1. The van der Waals surface area contributed by atoms with Crippen LogP contribution in [0.1, 0.15) is 18.4 Å². The molecule has 3 aromatic rings. The summed E-state index contributed by atoms with van der Waals surface area (Å²) in [4.78, 5) is 17.5. The lowest BCUT2D eigenvalue weighted by Crippen LogP contribution is -2.48. The van der Waals surface area contributed by atoms with Gasteiger partial charge in [0.15, 0.2) is 0 Å². The van der Waals surface area contributed by atoms with E-state index in [0.29, 0.717) is 18.8 Å². The molecule has 1 saturated heterocycles. The number of hydrogen-bond donors (Lipinski definition) is 2. The zero-order chi connectivity index (χ0) is 25.9. The summed E-state index contributed by atoms with van der Waals surface area (Å²) in [6.07, 6.45) is 1.91. The van der Waals surface area contributed by atoms with E-state index in [2.05, 4.69) is 26.6 Å². The number of anilines is 2. The SMILES string of the molecule is COc1ccccc1N1CCN(CCCCNC(=O)NN(Cc2ccccc2)c2ccc(F)cc2)CC1. The molecule has 196 valence electrons. The molecule has 1 heterocycles. The van der Waals surface area contributed by atoms with Gasteiger partial charge in [-0.05, 0) is 61.3 Å². The Morgan fingerprint density at radius 2 is 1.62 bits per heavy atom. The maximum absolute atomic E-state index is 13.4.